The molecule has 0 bridgehead atoms. The predicted octanol–water partition coefficient (Wildman–Crippen LogP) is 5.63. The van der Waals surface area contributed by atoms with Crippen LogP contribution in [0.2, 0.25) is 15.1 Å². The van der Waals surface area contributed by atoms with Crippen LogP contribution in [0.1, 0.15) is 11.4 Å². The van der Waals surface area contributed by atoms with Crippen molar-refractivity contribution in [3.05, 3.63) is 75.1 Å². The highest BCUT2D eigenvalue weighted by atomic mass is 35.5. The summed E-state index contributed by atoms with van der Waals surface area (Å²) in [6, 6.07) is 13.7. The maximum absolute atomic E-state index is 6.05. The van der Waals surface area contributed by atoms with E-state index in [1.165, 1.54) is 5.56 Å². The predicted molar refractivity (Wildman–Crippen MR) is 88.3 cm³/mol. The Morgan fingerprint density at radius 1 is 0.952 bits per heavy atom. The molecule has 0 saturated heterocycles. The molecule has 1 N–H and O–H groups in total. The first-order valence-corrected chi connectivity index (χ1v) is 7.49. The average molecular weight is 338 g/mol. The quantitative estimate of drug-likeness (QED) is 0.617. The molecule has 2 nitrogen and oxygen atoms in total. The Kier molecular flexibility index (Phi) is 4.20. The first-order chi connectivity index (χ1) is 10.1. The van der Waals surface area contributed by atoms with Crippen LogP contribution in [0.4, 0.5) is 0 Å². The second-order valence-corrected chi connectivity index (χ2v) is 5.85. The van der Waals surface area contributed by atoms with E-state index in [2.05, 4.69) is 22.1 Å². The maximum Gasteiger partial charge on any atom is 0.110 e. The van der Waals surface area contributed by atoms with Gasteiger partial charge in [-0.05, 0) is 17.7 Å². The molecule has 1 heterocycles. The van der Waals surface area contributed by atoms with Crippen molar-refractivity contribution in [2.75, 3.05) is 0 Å². The number of nitrogens with one attached hydrogen (secondary N) is 1. The summed E-state index contributed by atoms with van der Waals surface area (Å²) in [6.45, 7) is 0. The number of halogens is 3. The molecule has 0 aliphatic rings. The molecule has 0 aliphatic heterocycles. The summed E-state index contributed by atoms with van der Waals surface area (Å²) in [7, 11) is 0. The maximum atomic E-state index is 6.05. The number of benzene rings is 2. The number of rotatable bonds is 3. The van der Waals surface area contributed by atoms with E-state index in [1.807, 2.05) is 18.2 Å². The van der Waals surface area contributed by atoms with Crippen molar-refractivity contribution >= 4 is 34.8 Å². The SMILES string of the molecule is Clc1cc(-c2cnc(Cc3ccccc3)[nH]2)cc(Cl)c1Cl. The monoisotopic (exact) mass is 336 g/mol. The van der Waals surface area contributed by atoms with E-state index >= 15 is 0 Å². The molecule has 106 valence electrons. The van der Waals surface area contributed by atoms with Gasteiger partial charge in [-0.2, -0.15) is 0 Å². The Bertz CT molecular complexity index is 743. The largest absolute Gasteiger partial charge is 0.342 e. The fourth-order valence-corrected chi connectivity index (χ4v) is 2.70. The number of aromatic amines is 1. The number of hydrogen-bond acceptors (Lipinski definition) is 1. The van der Waals surface area contributed by atoms with Crippen molar-refractivity contribution in [2.24, 2.45) is 0 Å². The topological polar surface area (TPSA) is 28.7 Å². The van der Waals surface area contributed by atoms with Crippen LogP contribution in [0.15, 0.2) is 48.7 Å². The molecule has 3 aromatic rings. The number of imidazole rings is 1. The fraction of sp³-hybridized carbons (Fsp3) is 0.0625. The summed E-state index contributed by atoms with van der Waals surface area (Å²) >= 11 is 18.1. The van der Waals surface area contributed by atoms with E-state index in [4.69, 9.17) is 34.8 Å². The summed E-state index contributed by atoms with van der Waals surface area (Å²) in [4.78, 5) is 7.68. The molecule has 0 atom stereocenters. The number of H-pyrrole nitrogens is 1. The molecule has 0 aliphatic carbocycles. The van der Waals surface area contributed by atoms with Crippen LogP contribution in [-0.4, -0.2) is 9.97 Å². The van der Waals surface area contributed by atoms with Crippen LogP contribution in [-0.2, 0) is 6.42 Å². The van der Waals surface area contributed by atoms with Crippen LogP contribution in [0, 0.1) is 0 Å². The Hall–Kier alpha value is -1.48. The number of nitrogens with zero attached hydrogens (tertiary/aromatic N) is 1. The third kappa shape index (κ3) is 3.24. The molecular weight excluding hydrogens is 327 g/mol. The zero-order valence-electron chi connectivity index (χ0n) is 10.9. The van der Waals surface area contributed by atoms with E-state index < -0.39 is 0 Å². The van der Waals surface area contributed by atoms with Crippen LogP contribution >= 0.6 is 34.8 Å². The summed E-state index contributed by atoms with van der Waals surface area (Å²) in [6.07, 6.45) is 2.52. The standard InChI is InChI=1S/C16H11Cl3N2/c17-12-7-11(8-13(18)16(12)19)14-9-20-15(21-14)6-10-4-2-1-3-5-10/h1-5,7-9H,6H2,(H,20,21). The number of aromatic nitrogens is 2. The molecule has 1 aromatic heterocycles. The van der Waals surface area contributed by atoms with Crippen molar-refractivity contribution < 1.29 is 0 Å². The van der Waals surface area contributed by atoms with E-state index in [1.54, 1.807) is 18.3 Å². The molecule has 2 aromatic carbocycles. The van der Waals surface area contributed by atoms with Crippen LogP contribution in [0.5, 0.6) is 0 Å². The molecule has 0 saturated carbocycles. The second-order valence-electron chi connectivity index (χ2n) is 4.66. The van der Waals surface area contributed by atoms with Gasteiger partial charge in [0.25, 0.3) is 0 Å². The molecule has 0 fully saturated rings. The van der Waals surface area contributed by atoms with Gasteiger partial charge in [0.05, 0.1) is 27.0 Å². The van der Waals surface area contributed by atoms with Gasteiger partial charge in [0.2, 0.25) is 0 Å². The highest BCUT2D eigenvalue weighted by Crippen LogP contribution is 2.34. The van der Waals surface area contributed by atoms with E-state index in [0.29, 0.717) is 15.1 Å². The molecule has 0 amide bonds. The van der Waals surface area contributed by atoms with E-state index in [-0.39, 0.29) is 0 Å². The zero-order chi connectivity index (χ0) is 14.8. The van der Waals surface area contributed by atoms with Crippen LogP contribution in [0.3, 0.4) is 0 Å². The molecule has 21 heavy (non-hydrogen) atoms. The lowest BCUT2D eigenvalue weighted by Gasteiger charge is -2.03. The van der Waals surface area contributed by atoms with Gasteiger partial charge in [0, 0.05) is 12.0 Å². The van der Waals surface area contributed by atoms with Crippen molar-refractivity contribution in [2.45, 2.75) is 6.42 Å². The van der Waals surface area contributed by atoms with Gasteiger partial charge in [-0.15, -0.1) is 0 Å². The summed E-state index contributed by atoms with van der Waals surface area (Å²) in [5, 5.41) is 1.22. The normalized spacial score (nSPS) is 10.8. The Balaban J connectivity index is 1.88. The first-order valence-electron chi connectivity index (χ1n) is 6.36. The smallest absolute Gasteiger partial charge is 0.110 e. The van der Waals surface area contributed by atoms with Gasteiger partial charge >= 0.3 is 0 Å². The van der Waals surface area contributed by atoms with Gasteiger partial charge in [-0.25, -0.2) is 4.98 Å². The first kappa shape index (κ1) is 14.5. The van der Waals surface area contributed by atoms with Gasteiger partial charge < -0.3 is 4.98 Å². The van der Waals surface area contributed by atoms with E-state index in [0.717, 1.165) is 23.5 Å². The molecule has 0 spiro atoms. The third-order valence-electron chi connectivity index (χ3n) is 3.14. The van der Waals surface area contributed by atoms with Crippen molar-refractivity contribution in [3.8, 4) is 11.3 Å². The minimum absolute atomic E-state index is 0.367. The fourth-order valence-electron chi connectivity index (χ4n) is 2.10. The highest BCUT2D eigenvalue weighted by Gasteiger charge is 2.10. The van der Waals surface area contributed by atoms with Gasteiger partial charge in [0.15, 0.2) is 0 Å². The van der Waals surface area contributed by atoms with Gasteiger partial charge in [-0.1, -0.05) is 65.1 Å². The lowest BCUT2D eigenvalue weighted by molar-refractivity contribution is 1.03. The highest BCUT2D eigenvalue weighted by molar-refractivity contribution is 6.48. The van der Waals surface area contributed by atoms with Crippen LogP contribution in [0.25, 0.3) is 11.3 Å². The molecule has 3 rings (SSSR count). The summed E-state index contributed by atoms with van der Waals surface area (Å²) in [5.74, 6) is 0.887. The average Bonchev–Trinajstić information content (AvgIpc) is 2.94. The Morgan fingerprint density at radius 3 is 2.29 bits per heavy atom. The molecular formula is C16H11Cl3N2. The Labute approximate surface area is 137 Å². The van der Waals surface area contributed by atoms with Gasteiger partial charge in [-0.3, -0.25) is 0 Å². The molecule has 0 radical (unpaired) electrons. The number of hydrogen-bond donors (Lipinski definition) is 1. The van der Waals surface area contributed by atoms with Gasteiger partial charge in [0.1, 0.15) is 5.82 Å². The molecule has 5 heteroatoms. The Morgan fingerprint density at radius 2 is 1.62 bits per heavy atom. The van der Waals surface area contributed by atoms with Crippen molar-refractivity contribution in [1.29, 1.82) is 0 Å². The summed E-state index contributed by atoms with van der Waals surface area (Å²) < 4.78 is 0. The molecule has 0 unspecified atom stereocenters. The minimum atomic E-state index is 0.367. The van der Waals surface area contributed by atoms with Crippen LogP contribution < -0.4 is 0 Å². The third-order valence-corrected chi connectivity index (χ3v) is 4.33. The van der Waals surface area contributed by atoms with E-state index in [9.17, 15) is 0 Å². The van der Waals surface area contributed by atoms with Crippen molar-refractivity contribution in [1.82, 2.24) is 9.97 Å². The second kappa shape index (κ2) is 6.10. The summed E-state index contributed by atoms with van der Waals surface area (Å²) in [5.41, 5.74) is 2.92. The zero-order valence-corrected chi connectivity index (χ0v) is 13.2. The lowest BCUT2D eigenvalue weighted by Crippen LogP contribution is -1.90. The lowest BCUT2D eigenvalue weighted by atomic mass is 10.1. The minimum Gasteiger partial charge on any atom is -0.342 e. The van der Waals surface area contributed by atoms with Crippen molar-refractivity contribution in [3.63, 3.8) is 0 Å².